The summed E-state index contributed by atoms with van der Waals surface area (Å²) in [7, 11) is 0. The van der Waals surface area contributed by atoms with Gasteiger partial charge in [0, 0.05) is 19.3 Å². The van der Waals surface area contributed by atoms with Gasteiger partial charge in [0.05, 0.1) is 25.6 Å². The van der Waals surface area contributed by atoms with Crippen LogP contribution in [0.15, 0.2) is 12.5 Å². The highest BCUT2D eigenvalue weighted by Crippen LogP contribution is 2.02. The number of ether oxygens (including phenoxy) is 1. The summed E-state index contributed by atoms with van der Waals surface area (Å²) in [6.07, 6.45) is 3.31. The third kappa shape index (κ3) is 2.34. The molecule has 1 aliphatic rings. The minimum atomic E-state index is -0.154. The van der Waals surface area contributed by atoms with Crippen LogP contribution in [-0.4, -0.2) is 41.3 Å². The fourth-order valence-electron chi connectivity index (χ4n) is 1.33. The van der Waals surface area contributed by atoms with Gasteiger partial charge in [0.1, 0.15) is 5.69 Å². The second-order valence-electron chi connectivity index (χ2n) is 3.49. The lowest BCUT2D eigenvalue weighted by molar-refractivity contribution is -0.00354. The average Bonchev–Trinajstić information content (AvgIpc) is 2.60. The second kappa shape index (κ2) is 4.41. The molecule has 1 fully saturated rings. The zero-order chi connectivity index (χ0) is 10.7. The van der Waals surface area contributed by atoms with Gasteiger partial charge in [0.15, 0.2) is 0 Å². The molecular weight excluding hydrogens is 196 g/mol. The van der Waals surface area contributed by atoms with Crippen LogP contribution in [0.1, 0.15) is 10.5 Å². The number of rotatable bonds is 4. The first kappa shape index (κ1) is 10.1. The molecule has 1 amide bonds. The first-order valence-electron chi connectivity index (χ1n) is 4.90. The molecule has 1 saturated heterocycles. The van der Waals surface area contributed by atoms with E-state index >= 15 is 0 Å². The smallest absolute Gasteiger partial charge is 0.271 e. The summed E-state index contributed by atoms with van der Waals surface area (Å²) in [5.41, 5.74) is 5.82. The number of hydrogen-bond donors (Lipinski definition) is 2. The first-order valence-corrected chi connectivity index (χ1v) is 4.90. The Morgan fingerprint density at radius 3 is 3.13 bits per heavy atom. The van der Waals surface area contributed by atoms with E-state index < -0.39 is 0 Å². The molecule has 0 atom stereocenters. The highest BCUT2D eigenvalue weighted by atomic mass is 16.5. The highest BCUT2D eigenvalue weighted by Gasteiger charge is 2.21. The van der Waals surface area contributed by atoms with Gasteiger partial charge in [0.2, 0.25) is 0 Å². The molecule has 0 saturated carbocycles. The lowest BCUT2D eigenvalue weighted by Crippen LogP contribution is -2.48. The molecule has 15 heavy (non-hydrogen) atoms. The lowest BCUT2D eigenvalue weighted by atomic mass is 10.2. The van der Waals surface area contributed by atoms with Gasteiger partial charge in [-0.3, -0.25) is 4.79 Å². The number of amides is 1. The van der Waals surface area contributed by atoms with Crippen molar-refractivity contribution in [2.45, 2.75) is 12.6 Å². The number of carbonyl (C=O) groups excluding carboxylic acids is 1. The van der Waals surface area contributed by atoms with E-state index in [-0.39, 0.29) is 11.9 Å². The van der Waals surface area contributed by atoms with Crippen LogP contribution in [-0.2, 0) is 11.3 Å². The van der Waals surface area contributed by atoms with Crippen molar-refractivity contribution in [2.24, 2.45) is 5.73 Å². The van der Waals surface area contributed by atoms with Gasteiger partial charge >= 0.3 is 0 Å². The second-order valence-corrected chi connectivity index (χ2v) is 3.49. The van der Waals surface area contributed by atoms with Crippen LogP contribution in [0.25, 0.3) is 0 Å². The minimum Gasteiger partial charge on any atom is -0.377 e. The van der Waals surface area contributed by atoms with Crippen molar-refractivity contribution in [1.82, 2.24) is 14.9 Å². The van der Waals surface area contributed by atoms with Crippen molar-refractivity contribution < 1.29 is 9.53 Å². The predicted octanol–water partition coefficient (Wildman–Crippen LogP) is -1.03. The largest absolute Gasteiger partial charge is 0.377 e. The van der Waals surface area contributed by atoms with Gasteiger partial charge in [-0.2, -0.15) is 0 Å². The van der Waals surface area contributed by atoms with Crippen LogP contribution >= 0.6 is 0 Å². The van der Waals surface area contributed by atoms with Crippen LogP contribution in [0.2, 0.25) is 0 Å². The molecule has 0 bridgehead atoms. The maximum Gasteiger partial charge on any atom is 0.271 e. The van der Waals surface area contributed by atoms with Gasteiger partial charge < -0.3 is 20.4 Å². The number of imidazole rings is 1. The van der Waals surface area contributed by atoms with Crippen molar-refractivity contribution in [2.75, 3.05) is 19.8 Å². The molecule has 6 nitrogen and oxygen atoms in total. The SMILES string of the molecule is NCCn1cnc(C(=O)NC2COC2)c1. The van der Waals surface area contributed by atoms with E-state index in [2.05, 4.69) is 10.3 Å². The number of nitrogens with zero attached hydrogens (tertiary/aromatic N) is 2. The van der Waals surface area contributed by atoms with Gasteiger partial charge in [0.25, 0.3) is 5.91 Å². The molecule has 0 spiro atoms. The van der Waals surface area contributed by atoms with Crippen molar-refractivity contribution in [3.8, 4) is 0 Å². The first-order chi connectivity index (χ1) is 7.29. The summed E-state index contributed by atoms with van der Waals surface area (Å²) in [6.45, 7) is 2.39. The Kier molecular flexibility index (Phi) is 2.98. The molecule has 6 heteroatoms. The summed E-state index contributed by atoms with van der Waals surface area (Å²) in [4.78, 5) is 15.6. The van der Waals surface area contributed by atoms with E-state index in [1.165, 1.54) is 0 Å². The monoisotopic (exact) mass is 210 g/mol. The molecule has 82 valence electrons. The molecule has 1 aromatic heterocycles. The molecule has 1 aromatic rings. The van der Waals surface area contributed by atoms with Crippen LogP contribution in [0.5, 0.6) is 0 Å². The number of aromatic nitrogens is 2. The summed E-state index contributed by atoms with van der Waals surface area (Å²) < 4.78 is 6.76. The van der Waals surface area contributed by atoms with E-state index in [0.717, 1.165) is 0 Å². The maximum atomic E-state index is 11.6. The molecule has 0 radical (unpaired) electrons. The Balaban J connectivity index is 1.92. The molecule has 2 rings (SSSR count). The Labute approximate surface area is 87.4 Å². The third-order valence-corrected chi connectivity index (χ3v) is 2.23. The summed E-state index contributed by atoms with van der Waals surface area (Å²) in [5.74, 6) is -0.154. The fraction of sp³-hybridized carbons (Fsp3) is 0.556. The Morgan fingerprint density at radius 1 is 1.73 bits per heavy atom. The van der Waals surface area contributed by atoms with Gasteiger partial charge in [-0.15, -0.1) is 0 Å². The Bertz CT molecular complexity index is 346. The third-order valence-electron chi connectivity index (χ3n) is 2.23. The number of carbonyl (C=O) groups is 1. The minimum absolute atomic E-state index is 0.136. The van der Waals surface area contributed by atoms with Crippen LogP contribution in [0.3, 0.4) is 0 Å². The molecule has 0 aliphatic carbocycles. The number of nitrogens with two attached hydrogens (primary N) is 1. The molecule has 0 unspecified atom stereocenters. The number of nitrogens with one attached hydrogen (secondary N) is 1. The molecule has 1 aliphatic heterocycles. The van der Waals surface area contributed by atoms with E-state index in [1.54, 1.807) is 17.1 Å². The Morgan fingerprint density at radius 2 is 2.53 bits per heavy atom. The van der Waals surface area contributed by atoms with Crippen molar-refractivity contribution in [1.29, 1.82) is 0 Å². The van der Waals surface area contributed by atoms with E-state index in [4.69, 9.17) is 10.5 Å². The molecular formula is C9H14N4O2. The van der Waals surface area contributed by atoms with E-state index in [9.17, 15) is 4.79 Å². The fourth-order valence-corrected chi connectivity index (χ4v) is 1.33. The molecule has 2 heterocycles. The summed E-state index contributed by atoms with van der Waals surface area (Å²) in [6, 6.07) is 0.136. The summed E-state index contributed by atoms with van der Waals surface area (Å²) in [5, 5.41) is 2.82. The highest BCUT2D eigenvalue weighted by molar-refractivity contribution is 5.92. The van der Waals surface area contributed by atoms with Crippen molar-refractivity contribution >= 4 is 5.91 Å². The predicted molar refractivity (Wildman–Crippen MR) is 53.4 cm³/mol. The zero-order valence-corrected chi connectivity index (χ0v) is 8.35. The van der Waals surface area contributed by atoms with E-state index in [0.29, 0.717) is 32.0 Å². The summed E-state index contributed by atoms with van der Waals surface area (Å²) >= 11 is 0. The van der Waals surface area contributed by atoms with Gasteiger partial charge in [-0.05, 0) is 0 Å². The lowest BCUT2D eigenvalue weighted by Gasteiger charge is -2.26. The molecule has 0 aromatic carbocycles. The van der Waals surface area contributed by atoms with Crippen LogP contribution in [0.4, 0.5) is 0 Å². The quantitative estimate of drug-likeness (QED) is 0.665. The normalized spacial score (nSPS) is 16.1. The maximum absolute atomic E-state index is 11.6. The van der Waals surface area contributed by atoms with Gasteiger partial charge in [-0.1, -0.05) is 0 Å². The zero-order valence-electron chi connectivity index (χ0n) is 8.35. The van der Waals surface area contributed by atoms with Crippen molar-refractivity contribution in [3.63, 3.8) is 0 Å². The Hall–Kier alpha value is -1.40. The number of hydrogen-bond acceptors (Lipinski definition) is 4. The molecule has 3 N–H and O–H groups in total. The van der Waals surface area contributed by atoms with Gasteiger partial charge in [-0.25, -0.2) is 4.98 Å². The van der Waals surface area contributed by atoms with Crippen molar-refractivity contribution in [3.05, 3.63) is 18.2 Å². The topological polar surface area (TPSA) is 82.2 Å². The van der Waals surface area contributed by atoms with Crippen LogP contribution in [0, 0.1) is 0 Å². The standard InChI is InChI=1S/C9H14N4O2/c10-1-2-13-3-8(11-6-13)9(14)12-7-4-15-5-7/h3,6-7H,1-2,4-5,10H2,(H,12,14). The van der Waals surface area contributed by atoms with Crippen LogP contribution < -0.4 is 11.1 Å². The average molecular weight is 210 g/mol. The van der Waals surface area contributed by atoms with E-state index in [1.807, 2.05) is 0 Å².